The van der Waals surface area contributed by atoms with Crippen molar-refractivity contribution in [2.24, 2.45) is 0 Å². The molecule has 0 unspecified atom stereocenters. The second-order valence-electron chi connectivity index (χ2n) is 5.05. The Bertz CT molecular complexity index is 635. The molecule has 0 amide bonds. The molecule has 2 aromatic rings. The van der Waals surface area contributed by atoms with Crippen molar-refractivity contribution in [2.75, 3.05) is 0 Å². The Labute approximate surface area is 129 Å². The summed E-state index contributed by atoms with van der Waals surface area (Å²) in [7, 11) is 0. The fraction of sp³-hybridized carbons (Fsp3) is 0.235. The van der Waals surface area contributed by atoms with Gasteiger partial charge < -0.3 is 9.84 Å². The molecule has 0 heterocycles. The highest BCUT2D eigenvalue weighted by atomic mass is 35.5. The standard InChI is InChI=1S/C17H17ClO3/c1-11-3-5-13(6-4-11)10-16(17(19)20)21-14-7-8-15(18)12(2)9-14/h3-9,16H,10H2,1-2H3,(H,19,20)/t16-/m1/s1. The molecule has 2 aromatic carbocycles. The molecule has 0 radical (unpaired) electrons. The summed E-state index contributed by atoms with van der Waals surface area (Å²) in [6, 6.07) is 12.9. The second kappa shape index (κ2) is 6.64. The van der Waals surface area contributed by atoms with Crippen molar-refractivity contribution in [2.45, 2.75) is 26.4 Å². The van der Waals surface area contributed by atoms with Crippen LogP contribution in [0.2, 0.25) is 5.02 Å². The second-order valence-corrected chi connectivity index (χ2v) is 5.45. The topological polar surface area (TPSA) is 46.5 Å². The lowest BCUT2D eigenvalue weighted by Crippen LogP contribution is -2.29. The highest BCUT2D eigenvalue weighted by molar-refractivity contribution is 6.31. The molecule has 0 fully saturated rings. The summed E-state index contributed by atoms with van der Waals surface area (Å²) >= 11 is 5.95. The maximum absolute atomic E-state index is 11.4. The fourth-order valence-electron chi connectivity index (χ4n) is 1.97. The van der Waals surface area contributed by atoms with Crippen molar-refractivity contribution >= 4 is 17.6 Å². The normalized spacial score (nSPS) is 12.0. The van der Waals surface area contributed by atoms with Gasteiger partial charge in [0.1, 0.15) is 5.75 Å². The highest BCUT2D eigenvalue weighted by Gasteiger charge is 2.20. The highest BCUT2D eigenvalue weighted by Crippen LogP contribution is 2.22. The largest absolute Gasteiger partial charge is 0.478 e. The van der Waals surface area contributed by atoms with Gasteiger partial charge in [-0.1, -0.05) is 41.4 Å². The molecule has 3 nitrogen and oxygen atoms in total. The Morgan fingerprint density at radius 1 is 1.19 bits per heavy atom. The van der Waals surface area contributed by atoms with Crippen LogP contribution >= 0.6 is 11.6 Å². The van der Waals surface area contributed by atoms with Crippen LogP contribution < -0.4 is 4.74 Å². The first-order chi connectivity index (χ1) is 9.95. The van der Waals surface area contributed by atoms with Gasteiger partial charge in [0.15, 0.2) is 6.10 Å². The SMILES string of the molecule is Cc1ccc(C[C@@H](Oc2ccc(Cl)c(C)c2)C(=O)O)cc1. The third kappa shape index (κ3) is 4.23. The molecule has 110 valence electrons. The van der Waals surface area contributed by atoms with Crippen molar-refractivity contribution in [3.63, 3.8) is 0 Å². The zero-order chi connectivity index (χ0) is 15.4. The predicted octanol–water partition coefficient (Wildman–Crippen LogP) is 4.03. The van der Waals surface area contributed by atoms with Crippen LogP contribution in [0.4, 0.5) is 0 Å². The monoisotopic (exact) mass is 304 g/mol. The van der Waals surface area contributed by atoms with Gasteiger partial charge in [-0.2, -0.15) is 0 Å². The number of aliphatic carboxylic acids is 1. The maximum Gasteiger partial charge on any atom is 0.345 e. The van der Waals surface area contributed by atoms with E-state index < -0.39 is 12.1 Å². The number of rotatable bonds is 5. The molecular formula is C17H17ClO3. The van der Waals surface area contributed by atoms with Gasteiger partial charge in [0.05, 0.1) is 0 Å². The quantitative estimate of drug-likeness (QED) is 0.907. The minimum Gasteiger partial charge on any atom is -0.478 e. The third-order valence-electron chi connectivity index (χ3n) is 3.22. The Hall–Kier alpha value is -2.00. The minimum absolute atomic E-state index is 0.317. The first kappa shape index (κ1) is 15.4. The summed E-state index contributed by atoms with van der Waals surface area (Å²) < 4.78 is 5.59. The van der Waals surface area contributed by atoms with Crippen LogP contribution in [0.1, 0.15) is 16.7 Å². The average Bonchev–Trinajstić information content (AvgIpc) is 2.44. The zero-order valence-corrected chi connectivity index (χ0v) is 12.7. The molecule has 0 aromatic heterocycles. The van der Waals surface area contributed by atoms with Gasteiger partial charge in [-0.25, -0.2) is 4.79 Å². The molecular weight excluding hydrogens is 288 g/mol. The molecule has 4 heteroatoms. The lowest BCUT2D eigenvalue weighted by molar-refractivity contribution is -0.145. The van der Waals surface area contributed by atoms with E-state index >= 15 is 0 Å². The molecule has 0 spiro atoms. The van der Waals surface area contributed by atoms with Crippen molar-refractivity contribution in [1.82, 2.24) is 0 Å². The molecule has 21 heavy (non-hydrogen) atoms. The summed E-state index contributed by atoms with van der Waals surface area (Å²) in [4.78, 5) is 11.4. The van der Waals surface area contributed by atoms with Crippen LogP contribution in [-0.4, -0.2) is 17.2 Å². The van der Waals surface area contributed by atoms with Gasteiger partial charge in [-0.05, 0) is 43.2 Å². The predicted molar refractivity (Wildman–Crippen MR) is 83.1 cm³/mol. The number of halogens is 1. The van der Waals surface area contributed by atoms with Gasteiger partial charge in [-0.15, -0.1) is 0 Å². The molecule has 0 saturated carbocycles. The first-order valence-corrected chi connectivity index (χ1v) is 7.04. The van der Waals surface area contributed by atoms with Crippen LogP contribution in [0, 0.1) is 13.8 Å². The maximum atomic E-state index is 11.4. The Morgan fingerprint density at radius 2 is 1.86 bits per heavy atom. The van der Waals surface area contributed by atoms with Gasteiger partial charge in [0.25, 0.3) is 0 Å². The number of carbonyl (C=O) groups is 1. The molecule has 0 aliphatic rings. The first-order valence-electron chi connectivity index (χ1n) is 6.67. The Kier molecular flexibility index (Phi) is 4.86. The van der Waals surface area contributed by atoms with E-state index in [1.807, 2.05) is 38.1 Å². The molecule has 0 saturated heterocycles. The number of carboxylic acid groups (broad SMARTS) is 1. The summed E-state index contributed by atoms with van der Waals surface area (Å²) in [5.74, 6) is -0.473. The van der Waals surface area contributed by atoms with Crippen LogP contribution in [0.25, 0.3) is 0 Å². The Balaban J connectivity index is 2.13. The lowest BCUT2D eigenvalue weighted by Gasteiger charge is -2.16. The van der Waals surface area contributed by atoms with Gasteiger partial charge >= 0.3 is 5.97 Å². The number of benzene rings is 2. The molecule has 0 aliphatic heterocycles. The van der Waals surface area contributed by atoms with Crippen LogP contribution in [0.15, 0.2) is 42.5 Å². The lowest BCUT2D eigenvalue weighted by atomic mass is 10.1. The molecule has 1 N–H and O–H groups in total. The third-order valence-corrected chi connectivity index (χ3v) is 3.65. The van der Waals surface area contributed by atoms with Crippen molar-refractivity contribution in [1.29, 1.82) is 0 Å². The summed E-state index contributed by atoms with van der Waals surface area (Å²) in [6.07, 6.45) is -0.606. The zero-order valence-electron chi connectivity index (χ0n) is 12.0. The van der Waals surface area contributed by atoms with E-state index in [-0.39, 0.29) is 0 Å². The van der Waals surface area contributed by atoms with Crippen molar-refractivity contribution in [3.8, 4) is 5.75 Å². The van der Waals surface area contributed by atoms with Crippen LogP contribution in [-0.2, 0) is 11.2 Å². The average molecular weight is 305 g/mol. The van der Waals surface area contributed by atoms with E-state index in [4.69, 9.17) is 16.3 Å². The summed E-state index contributed by atoms with van der Waals surface area (Å²) in [6.45, 7) is 3.84. The van der Waals surface area contributed by atoms with E-state index in [0.29, 0.717) is 17.2 Å². The molecule has 1 atom stereocenters. The van der Waals surface area contributed by atoms with Gasteiger partial charge in [-0.3, -0.25) is 0 Å². The smallest absolute Gasteiger partial charge is 0.345 e. The van der Waals surface area contributed by atoms with E-state index in [0.717, 1.165) is 16.7 Å². The molecule has 0 aliphatic carbocycles. The fourth-order valence-corrected chi connectivity index (χ4v) is 2.09. The van der Waals surface area contributed by atoms with E-state index in [9.17, 15) is 9.90 Å². The van der Waals surface area contributed by atoms with E-state index in [1.54, 1.807) is 18.2 Å². The number of hydrogen-bond acceptors (Lipinski definition) is 2. The van der Waals surface area contributed by atoms with Crippen molar-refractivity contribution < 1.29 is 14.6 Å². The number of ether oxygens (including phenoxy) is 1. The van der Waals surface area contributed by atoms with Gasteiger partial charge in [0.2, 0.25) is 0 Å². The summed E-state index contributed by atoms with van der Waals surface area (Å²) in [5, 5.41) is 9.96. The molecule has 2 rings (SSSR count). The van der Waals surface area contributed by atoms with Gasteiger partial charge in [0, 0.05) is 11.4 Å². The molecule has 0 bridgehead atoms. The number of carboxylic acids is 1. The number of aryl methyl sites for hydroxylation is 2. The van der Waals surface area contributed by atoms with E-state index in [1.165, 1.54) is 0 Å². The van der Waals surface area contributed by atoms with Crippen LogP contribution in [0.3, 0.4) is 0 Å². The Morgan fingerprint density at radius 3 is 2.43 bits per heavy atom. The number of hydrogen-bond donors (Lipinski definition) is 1. The van der Waals surface area contributed by atoms with Crippen LogP contribution in [0.5, 0.6) is 5.75 Å². The van der Waals surface area contributed by atoms with E-state index in [2.05, 4.69) is 0 Å². The summed E-state index contributed by atoms with van der Waals surface area (Å²) in [5.41, 5.74) is 2.92. The minimum atomic E-state index is -0.983. The van der Waals surface area contributed by atoms with Crippen molar-refractivity contribution in [3.05, 3.63) is 64.2 Å².